The summed E-state index contributed by atoms with van der Waals surface area (Å²) in [5, 5.41) is 5.86. The molecule has 0 radical (unpaired) electrons. The Hall–Kier alpha value is -6.10. The number of imidazole rings is 2. The average Bonchev–Trinajstić information content (AvgIpc) is 3.73. The number of nitrogens with zero attached hydrogens (tertiary/aromatic N) is 2. The van der Waals surface area contributed by atoms with Crippen molar-refractivity contribution in [2.24, 2.45) is 11.5 Å². The summed E-state index contributed by atoms with van der Waals surface area (Å²) in [7, 11) is 0. The SMILES string of the molecule is NC(Cc1ccccc1)C(=O)Nc1ccc2nc(-c3ccccc3-c3nc4ccc(NC(=O)C(N)Cc5ccccc5)cc4[nH]3)[nH]c2c1. The number of fused-ring (bicyclic) bond motifs is 2. The molecule has 2 atom stereocenters. The number of aromatic nitrogens is 4. The van der Waals surface area contributed by atoms with E-state index in [1.54, 1.807) is 0 Å². The molecule has 10 heteroatoms. The Balaban J connectivity index is 1.08. The Kier molecular flexibility index (Phi) is 8.48. The molecule has 0 bridgehead atoms. The predicted octanol–water partition coefficient (Wildman–Crippen LogP) is 5.79. The molecule has 2 heterocycles. The highest BCUT2D eigenvalue weighted by Gasteiger charge is 2.18. The van der Waals surface area contributed by atoms with Crippen molar-refractivity contribution in [3.05, 3.63) is 132 Å². The lowest BCUT2D eigenvalue weighted by Crippen LogP contribution is -2.37. The lowest BCUT2D eigenvalue weighted by molar-refractivity contribution is -0.118. The molecule has 0 aliphatic heterocycles. The second kappa shape index (κ2) is 13.3. The summed E-state index contributed by atoms with van der Waals surface area (Å²) in [6.07, 6.45) is 0.890. The molecule has 0 aliphatic carbocycles. The zero-order valence-corrected chi connectivity index (χ0v) is 26.0. The first-order chi connectivity index (χ1) is 23.4. The number of carbonyl (C=O) groups is 2. The van der Waals surface area contributed by atoms with E-state index in [0.29, 0.717) is 35.9 Å². The smallest absolute Gasteiger partial charge is 0.241 e. The van der Waals surface area contributed by atoms with Gasteiger partial charge in [-0.25, -0.2) is 9.97 Å². The number of rotatable bonds is 10. The summed E-state index contributed by atoms with van der Waals surface area (Å²) in [5.74, 6) is 0.799. The third kappa shape index (κ3) is 6.70. The zero-order chi connectivity index (χ0) is 33.0. The number of anilines is 2. The maximum absolute atomic E-state index is 12.8. The Labute approximate surface area is 276 Å². The van der Waals surface area contributed by atoms with Gasteiger partial charge in [0.1, 0.15) is 11.6 Å². The van der Waals surface area contributed by atoms with E-state index in [2.05, 4.69) is 20.6 Å². The molecule has 238 valence electrons. The molecule has 0 aliphatic rings. The van der Waals surface area contributed by atoms with Crippen LogP contribution in [0.2, 0.25) is 0 Å². The van der Waals surface area contributed by atoms with E-state index in [1.165, 1.54) is 0 Å². The molecule has 2 aromatic heterocycles. The summed E-state index contributed by atoms with van der Waals surface area (Å²) < 4.78 is 0. The summed E-state index contributed by atoms with van der Waals surface area (Å²) in [6.45, 7) is 0. The van der Waals surface area contributed by atoms with Crippen LogP contribution in [-0.4, -0.2) is 43.8 Å². The number of benzene rings is 5. The van der Waals surface area contributed by atoms with E-state index in [0.717, 1.165) is 44.3 Å². The second-order valence-corrected chi connectivity index (χ2v) is 11.8. The molecule has 0 fully saturated rings. The topological polar surface area (TPSA) is 168 Å². The highest BCUT2D eigenvalue weighted by molar-refractivity contribution is 5.98. The second-order valence-electron chi connectivity index (χ2n) is 11.8. The van der Waals surface area contributed by atoms with Crippen LogP contribution in [0.4, 0.5) is 11.4 Å². The minimum absolute atomic E-state index is 0.258. The van der Waals surface area contributed by atoms with Gasteiger partial charge >= 0.3 is 0 Å². The van der Waals surface area contributed by atoms with Gasteiger partial charge < -0.3 is 32.1 Å². The molecule has 2 amide bonds. The fourth-order valence-electron chi connectivity index (χ4n) is 5.72. The Morgan fingerprint density at radius 2 is 0.958 bits per heavy atom. The molecular formula is C38H34N8O2. The van der Waals surface area contributed by atoms with Crippen molar-refractivity contribution in [2.45, 2.75) is 24.9 Å². The number of carbonyl (C=O) groups excluding carboxylic acids is 2. The quantitative estimate of drug-likeness (QED) is 0.111. The Bertz CT molecular complexity index is 2070. The minimum atomic E-state index is -0.680. The van der Waals surface area contributed by atoms with Crippen LogP contribution in [-0.2, 0) is 22.4 Å². The van der Waals surface area contributed by atoms with Crippen molar-refractivity contribution >= 4 is 45.3 Å². The number of amides is 2. The maximum Gasteiger partial charge on any atom is 0.241 e. The van der Waals surface area contributed by atoms with E-state index in [-0.39, 0.29) is 11.8 Å². The van der Waals surface area contributed by atoms with Gasteiger partial charge in [-0.1, -0.05) is 84.9 Å². The Morgan fingerprint density at radius 3 is 1.38 bits per heavy atom. The summed E-state index contributed by atoms with van der Waals surface area (Å²) >= 11 is 0. The first-order valence-corrected chi connectivity index (χ1v) is 15.7. The molecule has 7 aromatic rings. The zero-order valence-electron chi connectivity index (χ0n) is 26.0. The van der Waals surface area contributed by atoms with Crippen molar-refractivity contribution in [3.63, 3.8) is 0 Å². The molecule has 0 saturated heterocycles. The highest BCUT2D eigenvalue weighted by atomic mass is 16.2. The molecule has 8 N–H and O–H groups in total. The van der Waals surface area contributed by atoms with E-state index in [1.807, 2.05) is 121 Å². The largest absolute Gasteiger partial charge is 0.338 e. The van der Waals surface area contributed by atoms with Crippen LogP contribution in [0.25, 0.3) is 44.8 Å². The van der Waals surface area contributed by atoms with Crippen molar-refractivity contribution < 1.29 is 9.59 Å². The summed E-state index contributed by atoms with van der Waals surface area (Å²) in [4.78, 5) is 42.1. The van der Waals surface area contributed by atoms with Crippen LogP contribution in [0.3, 0.4) is 0 Å². The molecular weight excluding hydrogens is 600 g/mol. The number of hydrogen-bond donors (Lipinski definition) is 6. The molecule has 0 saturated carbocycles. The van der Waals surface area contributed by atoms with Gasteiger partial charge in [-0.15, -0.1) is 0 Å². The first kappa shape index (κ1) is 30.5. The van der Waals surface area contributed by atoms with Gasteiger partial charge in [-0.3, -0.25) is 9.59 Å². The number of nitrogens with one attached hydrogen (secondary N) is 4. The monoisotopic (exact) mass is 634 g/mol. The van der Waals surface area contributed by atoms with Gasteiger partial charge in [0.15, 0.2) is 0 Å². The molecule has 0 spiro atoms. The van der Waals surface area contributed by atoms with Gasteiger partial charge in [-0.2, -0.15) is 0 Å². The van der Waals surface area contributed by atoms with Gasteiger partial charge in [0.05, 0.1) is 34.2 Å². The third-order valence-corrected chi connectivity index (χ3v) is 8.21. The molecule has 10 nitrogen and oxygen atoms in total. The van der Waals surface area contributed by atoms with Crippen LogP contribution < -0.4 is 22.1 Å². The lowest BCUT2D eigenvalue weighted by Gasteiger charge is -2.12. The van der Waals surface area contributed by atoms with E-state index in [4.69, 9.17) is 21.4 Å². The van der Waals surface area contributed by atoms with Crippen LogP contribution in [0.15, 0.2) is 121 Å². The molecule has 7 rings (SSSR count). The minimum Gasteiger partial charge on any atom is -0.338 e. The number of hydrogen-bond acceptors (Lipinski definition) is 6. The van der Waals surface area contributed by atoms with Crippen LogP contribution in [0.5, 0.6) is 0 Å². The van der Waals surface area contributed by atoms with Crippen LogP contribution in [0.1, 0.15) is 11.1 Å². The fraction of sp³-hybridized carbons (Fsp3) is 0.105. The molecule has 2 unspecified atom stereocenters. The molecule has 5 aromatic carbocycles. The van der Waals surface area contributed by atoms with Crippen LogP contribution >= 0.6 is 0 Å². The van der Waals surface area contributed by atoms with Crippen molar-refractivity contribution in [2.75, 3.05) is 10.6 Å². The van der Waals surface area contributed by atoms with Gasteiger partial charge in [-0.05, 0) is 60.4 Å². The lowest BCUT2D eigenvalue weighted by atomic mass is 10.1. The fourth-order valence-corrected chi connectivity index (χ4v) is 5.72. The number of aromatic amines is 2. The standard InChI is InChI=1S/C38H34N8O2/c39-29(19-23-9-3-1-4-10-23)37(47)41-25-15-17-31-33(21-25)45-35(43-31)27-13-7-8-14-28(27)36-44-32-18-16-26(22-34(32)46-36)42-38(48)30(40)20-24-11-5-2-6-12-24/h1-18,21-22,29-30H,19-20,39-40H2,(H,41,47)(H,42,48)(H,43,45)(H,44,46). The maximum atomic E-state index is 12.8. The van der Waals surface area contributed by atoms with Gasteiger partial charge in [0.25, 0.3) is 0 Å². The van der Waals surface area contributed by atoms with Gasteiger partial charge in [0.2, 0.25) is 11.8 Å². The Morgan fingerprint density at radius 1 is 0.562 bits per heavy atom. The summed E-state index contributed by atoms with van der Waals surface area (Å²) in [6, 6.07) is 36.9. The normalized spacial score (nSPS) is 12.5. The predicted molar refractivity (Wildman–Crippen MR) is 190 cm³/mol. The van der Waals surface area contributed by atoms with E-state index >= 15 is 0 Å². The van der Waals surface area contributed by atoms with E-state index in [9.17, 15) is 9.59 Å². The van der Waals surface area contributed by atoms with Crippen molar-refractivity contribution in [1.29, 1.82) is 0 Å². The third-order valence-electron chi connectivity index (χ3n) is 8.21. The average molecular weight is 635 g/mol. The summed E-state index contributed by atoms with van der Waals surface area (Å²) in [5.41, 5.74) is 20.4. The van der Waals surface area contributed by atoms with Crippen LogP contribution in [0, 0.1) is 0 Å². The number of nitrogens with two attached hydrogens (primary N) is 2. The van der Waals surface area contributed by atoms with Crippen molar-refractivity contribution in [1.82, 2.24) is 19.9 Å². The first-order valence-electron chi connectivity index (χ1n) is 15.7. The van der Waals surface area contributed by atoms with Gasteiger partial charge in [0, 0.05) is 22.5 Å². The van der Waals surface area contributed by atoms with E-state index < -0.39 is 12.1 Å². The molecule has 48 heavy (non-hydrogen) atoms. The van der Waals surface area contributed by atoms with Crippen molar-refractivity contribution in [3.8, 4) is 22.8 Å². The highest BCUT2D eigenvalue weighted by Crippen LogP contribution is 2.32. The number of H-pyrrole nitrogens is 2.